The molecule has 0 radical (unpaired) electrons. The molecule has 2 N–H and O–H groups in total. The Kier molecular flexibility index (Phi) is 4.04. The van der Waals surface area contributed by atoms with Crippen LogP contribution in [0.15, 0.2) is 18.2 Å². The second-order valence-electron chi connectivity index (χ2n) is 6.50. The van der Waals surface area contributed by atoms with Crippen molar-refractivity contribution in [2.75, 3.05) is 6.54 Å². The molecule has 1 aliphatic heterocycles. The largest absolute Gasteiger partial charge is 0.444 e. The number of amides is 1. The molecule has 0 unspecified atom stereocenters. The number of nitrogens with two attached hydrogens (primary N) is 1. The summed E-state index contributed by atoms with van der Waals surface area (Å²) in [5.74, 6) is 0. The van der Waals surface area contributed by atoms with Gasteiger partial charge in [-0.15, -0.1) is 0 Å². The summed E-state index contributed by atoms with van der Waals surface area (Å²) in [6.07, 6.45) is 0.494. The van der Waals surface area contributed by atoms with Crippen LogP contribution in [0.2, 0.25) is 0 Å². The molecule has 1 amide bonds. The molecule has 1 aromatic rings. The molecule has 1 aromatic carbocycles. The Labute approximate surface area is 120 Å². The fourth-order valence-electron chi connectivity index (χ4n) is 2.45. The van der Waals surface area contributed by atoms with Gasteiger partial charge in [0.05, 0.1) is 0 Å². The van der Waals surface area contributed by atoms with E-state index in [4.69, 9.17) is 10.5 Å². The number of aryl methyl sites for hydroxylation is 1. The molecule has 0 aromatic heterocycles. The minimum atomic E-state index is -0.471. The van der Waals surface area contributed by atoms with E-state index in [-0.39, 0.29) is 12.1 Å². The molecule has 0 spiro atoms. The highest BCUT2D eigenvalue weighted by molar-refractivity contribution is 5.68. The van der Waals surface area contributed by atoms with E-state index in [9.17, 15) is 4.79 Å². The maximum absolute atomic E-state index is 12.2. The van der Waals surface area contributed by atoms with Crippen LogP contribution in [0.3, 0.4) is 0 Å². The Morgan fingerprint density at radius 3 is 2.75 bits per heavy atom. The molecule has 1 heterocycles. The van der Waals surface area contributed by atoms with Crippen molar-refractivity contribution in [3.63, 3.8) is 0 Å². The van der Waals surface area contributed by atoms with Crippen molar-refractivity contribution < 1.29 is 9.53 Å². The Morgan fingerprint density at radius 2 is 2.10 bits per heavy atom. The van der Waals surface area contributed by atoms with Crippen LogP contribution >= 0.6 is 0 Å². The molecule has 0 fully saturated rings. The van der Waals surface area contributed by atoms with Crippen molar-refractivity contribution in [1.29, 1.82) is 0 Å². The van der Waals surface area contributed by atoms with E-state index in [2.05, 4.69) is 25.1 Å². The maximum atomic E-state index is 12.2. The van der Waals surface area contributed by atoms with Crippen LogP contribution in [-0.2, 0) is 11.3 Å². The Balaban J connectivity index is 2.22. The number of hydrogen-bond donors (Lipinski definition) is 1. The molecule has 0 saturated heterocycles. The van der Waals surface area contributed by atoms with Gasteiger partial charge in [-0.2, -0.15) is 0 Å². The zero-order valence-electron chi connectivity index (χ0n) is 12.8. The lowest BCUT2D eigenvalue weighted by Gasteiger charge is -2.26. The first-order valence-electron chi connectivity index (χ1n) is 7.09. The molecule has 4 heteroatoms. The third-order valence-electron chi connectivity index (χ3n) is 3.42. The molecule has 110 valence electrons. The highest BCUT2D eigenvalue weighted by Crippen LogP contribution is 2.26. The molecule has 4 nitrogen and oxygen atoms in total. The highest BCUT2D eigenvalue weighted by Gasteiger charge is 2.26. The molecular weight excluding hydrogens is 252 g/mol. The first-order valence-corrected chi connectivity index (χ1v) is 7.09. The number of benzene rings is 1. The predicted molar refractivity (Wildman–Crippen MR) is 79.4 cm³/mol. The van der Waals surface area contributed by atoms with Crippen molar-refractivity contribution in [3.8, 4) is 0 Å². The van der Waals surface area contributed by atoms with Crippen molar-refractivity contribution in [3.05, 3.63) is 34.9 Å². The van der Waals surface area contributed by atoms with E-state index < -0.39 is 5.60 Å². The molecule has 0 aliphatic carbocycles. The maximum Gasteiger partial charge on any atom is 0.410 e. The Hall–Kier alpha value is -1.55. The summed E-state index contributed by atoms with van der Waals surface area (Å²) in [4.78, 5) is 14.0. The van der Waals surface area contributed by atoms with E-state index in [1.807, 2.05) is 20.8 Å². The van der Waals surface area contributed by atoms with Gasteiger partial charge in [0.2, 0.25) is 0 Å². The molecule has 0 bridgehead atoms. The van der Waals surface area contributed by atoms with Crippen molar-refractivity contribution in [2.45, 2.75) is 52.3 Å². The number of nitrogens with zero attached hydrogens (tertiary/aromatic N) is 1. The van der Waals surface area contributed by atoms with E-state index in [1.54, 1.807) is 4.90 Å². The van der Waals surface area contributed by atoms with Crippen LogP contribution in [0.25, 0.3) is 0 Å². The Bertz CT molecular complexity index is 506. The minimum absolute atomic E-state index is 0.0157. The van der Waals surface area contributed by atoms with Crippen LogP contribution in [0.1, 0.15) is 49.9 Å². The van der Waals surface area contributed by atoms with Crippen molar-refractivity contribution in [2.24, 2.45) is 5.73 Å². The lowest BCUT2D eigenvalue weighted by Crippen LogP contribution is -2.36. The molecule has 2 rings (SSSR count). The number of hydrogen-bond acceptors (Lipinski definition) is 3. The predicted octanol–water partition coefficient (Wildman–Crippen LogP) is 3.14. The second-order valence-corrected chi connectivity index (χ2v) is 6.50. The standard InChI is InChI=1S/C16H24N2O2/c1-11-5-6-13-12(9-11)10-18(8-7-14(13)17)15(19)20-16(2,3)4/h5-6,9,14H,7-8,10,17H2,1-4H3/t14-/m0/s1. The monoisotopic (exact) mass is 276 g/mol. The SMILES string of the molecule is Cc1ccc2c(c1)CN(C(=O)OC(C)(C)C)CC[C@@H]2N. The first-order chi connectivity index (χ1) is 9.26. The van der Waals surface area contributed by atoms with Gasteiger partial charge in [0.25, 0.3) is 0 Å². The van der Waals surface area contributed by atoms with E-state index in [0.717, 1.165) is 17.5 Å². The van der Waals surface area contributed by atoms with Crippen LogP contribution in [0.5, 0.6) is 0 Å². The number of rotatable bonds is 0. The quantitative estimate of drug-likeness (QED) is 0.792. The average molecular weight is 276 g/mol. The number of carbonyl (C=O) groups is 1. The summed E-state index contributed by atoms with van der Waals surface area (Å²) in [5, 5.41) is 0. The van der Waals surface area contributed by atoms with Gasteiger partial charge < -0.3 is 15.4 Å². The summed E-state index contributed by atoms with van der Waals surface area (Å²) in [5.41, 5.74) is 9.18. The first kappa shape index (κ1) is 14.9. The zero-order chi connectivity index (χ0) is 14.9. The van der Waals surface area contributed by atoms with Gasteiger partial charge in [-0.25, -0.2) is 4.79 Å². The number of ether oxygens (including phenoxy) is 1. The molecule has 1 atom stereocenters. The summed E-state index contributed by atoms with van der Waals surface area (Å²) >= 11 is 0. The molecule has 20 heavy (non-hydrogen) atoms. The average Bonchev–Trinajstić information content (AvgIpc) is 2.46. The van der Waals surface area contributed by atoms with Gasteiger partial charge in [-0.1, -0.05) is 23.8 Å². The summed E-state index contributed by atoms with van der Waals surface area (Å²) in [6.45, 7) is 8.89. The van der Waals surface area contributed by atoms with E-state index in [0.29, 0.717) is 13.1 Å². The lowest BCUT2D eigenvalue weighted by molar-refractivity contribution is 0.0235. The number of carbonyl (C=O) groups excluding carboxylic acids is 1. The van der Waals surface area contributed by atoms with Crippen molar-refractivity contribution >= 4 is 6.09 Å². The minimum Gasteiger partial charge on any atom is -0.444 e. The third kappa shape index (κ3) is 3.51. The van der Waals surface area contributed by atoms with Gasteiger partial charge >= 0.3 is 6.09 Å². The zero-order valence-corrected chi connectivity index (χ0v) is 12.8. The summed E-state index contributed by atoms with van der Waals surface area (Å²) < 4.78 is 5.46. The van der Waals surface area contributed by atoms with Crippen LogP contribution in [0, 0.1) is 6.92 Å². The van der Waals surface area contributed by atoms with Crippen LogP contribution in [0.4, 0.5) is 4.79 Å². The molecular formula is C16H24N2O2. The normalized spacial score (nSPS) is 19.2. The van der Waals surface area contributed by atoms with Crippen molar-refractivity contribution in [1.82, 2.24) is 4.90 Å². The second kappa shape index (κ2) is 5.44. The highest BCUT2D eigenvalue weighted by atomic mass is 16.6. The van der Waals surface area contributed by atoms with Gasteiger partial charge in [0, 0.05) is 19.1 Å². The van der Waals surface area contributed by atoms with Gasteiger partial charge in [0.1, 0.15) is 5.60 Å². The van der Waals surface area contributed by atoms with Gasteiger partial charge in [0.15, 0.2) is 0 Å². The lowest BCUT2D eigenvalue weighted by atomic mass is 9.98. The summed E-state index contributed by atoms with van der Waals surface area (Å²) in [6, 6.07) is 6.24. The third-order valence-corrected chi connectivity index (χ3v) is 3.42. The topological polar surface area (TPSA) is 55.6 Å². The van der Waals surface area contributed by atoms with Crippen LogP contribution < -0.4 is 5.73 Å². The Morgan fingerprint density at radius 1 is 1.40 bits per heavy atom. The smallest absolute Gasteiger partial charge is 0.410 e. The van der Waals surface area contributed by atoms with E-state index in [1.165, 1.54) is 5.56 Å². The molecule has 0 saturated carbocycles. The molecule has 1 aliphatic rings. The van der Waals surface area contributed by atoms with Gasteiger partial charge in [-0.05, 0) is 45.2 Å². The number of fused-ring (bicyclic) bond motifs is 1. The van der Waals surface area contributed by atoms with E-state index >= 15 is 0 Å². The fraction of sp³-hybridized carbons (Fsp3) is 0.562. The fourth-order valence-corrected chi connectivity index (χ4v) is 2.45. The van der Waals surface area contributed by atoms with Crippen LogP contribution in [-0.4, -0.2) is 23.1 Å². The summed E-state index contributed by atoms with van der Waals surface area (Å²) in [7, 11) is 0. The van der Waals surface area contributed by atoms with Gasteiger partial charge in [-0.3, -0.25) is 0 Å².